The minimum atomic E-state index is 0.0712. The lowest BCUT2D eigenvalue weighted by Crippen LogP contribution is -2.01. The molecule has 0 spiro atoms. The maximum atomic E-state index is 12.5. The van der Waals surface area contributed by atoms with Gasteiger partial charge in [-0.1, -0.05) is 171 Å². The average molecular weight is 493 g/mol. The Morgan fingerprint density at radius 1 is 0.528 bits per heavy atom. The van der Waals surface area contributed by atoms with Crippen molar-refractivity contribution in [3.63, 3.8) is 0 Å². The second kappa shape index (κ2) is 21.2. The predicted molar refractivity (Wildman–Crippen MR) is 155 cm³/mol. The number of carbonyl (C=O) groups is 1. The van der Waals surface area contributed by atoms with E-state index in [0.717, 1.165) is 29.7 Å². The molecular formula is C34H52O2. The molecule has 0 atom stereocenters. The molecule has 0 aliphatic heterocycles. The molecule has 0 N–H and O–H groups in total. The third-order valence-corrected chi connectivity index (χ3v) is 7.16. The Morgan fingerprint density at radius 2 is 0.944 bits per heavy atom. The molecule has 0 aliphatic carbocycles. The molecule has 0 aromatic heterocycles. The van der Waals surface area contributed by atoms with E-state index in [9.17, 15) is 4.79 Å². The Bertz CT molecular complexity index is 766. The molecule has 0 aliphatic rings. The first-order valence-corrected chi connectivity index (χ1v) is 15.1. The van der Waals surface area contributed by atoms with Crippen LogP contribution in [-0.2, 0) is 11.3 Å². The van der Waals surface area contributed by atoms with Gasteiger partial charge in [0, 0.05) is 17.7 Å². The van der Waals surface area contributed by atoms with Gasteiger partial charge >= 0.3 is 0 Å². The van der Waals surface area contributed by atoms with E-state index in [1.165, 1.54) is 109 Å². The van der Waals surface area contributed by atoms with Crippen molar-refractivity contribution in [1.29, 1.82) is 0 Å². The van der Waals surface area contributed by atoms with E-state index in [2.05, 4.69) is 6.92 Å². The predicted octanol–water partition coefficient (Wildman–Crippen LogP) is 10.5. The summed E-state index contributed by atoms with van der Waals surface area (Å²) in [6.45, 7) is 3.74. The van der Waals surface area contributed by atoms with Gasteiger partial charge in [-0.15, -0.1) is 0 Å². The zero-order valence-electron chi connectivity index (χ0n) is 23.2. The summed E-state index contributed by atoms with van der Waals surface area (Å²) in [5.41, 5.74) is 2.59. The summed E-state index contributed by atoms with van der Waals surface area (Å²) >= 11 is 0. The molecule has 36 heavy (non-hydrogen) atoms. The molecule has 0 heterocycles. The van der Waals surface area contributed by atoms with Crippen molar-refractivity contribution < 1.29 is 9.53 Å². The Kier molecular flexibility index (Phi) is 17.8. The fraction of sp³-hybridized carbons (Fsp3) is 0.618. The van der Waals surface area contributed by atoms with E-state index in [4.69, 9.17) is 4.74 Å². The maximum Gasteiger partial charge on any atom is 0.193 e. The fourth-order valence-electron chi connectivity index (χ4n) is 4.80. The minimum Gasteiger partial charge on any atom is -0.377 e. The molecule has 200 valence electrons. The van der Waals surface area contributed by atoms with E-state index in [0.29, 0.717) is 6.61 Å². The zero-order valence-corrected chi connectivity index (χ0v) is 23.2. The molecule has 0 unspecified atom stereocenters. The van der Waals surface area contributed by atoms with Gasteiger partial charge in [0.05, 0.1) is 6.61 Å². The van der Waals surface area contributed by atoms with Crippen LogP contribution in [0.5, 0.6) is 0 Å². The number of benzene rings is 2. The largest absolute Gasteiger partial charge is 0.377 e. The van der Waals surface area contributed by atoms with Crippen LogP contribution in [0.3, 0.4) is 0 Å². The molecule has 0 fully saturated rings. The SMILES string of the molecule is CCCCCCCCCCCCCCCCCCCCOCc1ccc(C(=O)c2ccccc2)cc1. The molecule has 2 rings (SSSR count). The van der Waals surface area contributed by atoms with E-state index >= 15 is 0 Å². The van der Waals surface area contributed by atoms with Gasteiger partial charge < -0.3 is 4.74 Å². The van der Waals surface area contributed by atoms with Gasteiger partial charge in [0.15, 0.2) is 5.78 Å². The van der Waals surface area contributed by atoms with Crippen molar-refractivity contribution in [3.05, 3.63) is 71.3 Å². The van der Waals surface area contributed by atoms with Gasteiger partial charge in [-0.3, -0.25) is 4.79 Å². The lowest BCUT2D eigenvalue weighted by molar-refractivity contribution is 0.103. The first-order chi connectivity index (χ1) is 17.8. The summed E-state index contributed by atoms with van der Waals surface area (Å²) in [5, 5.41) is 0. The van der Waals surface area contributed by atoms with Crippen LogP contribution in [0.2, 0.25) is 0 Å². The van der Waals surface area contributed by atoms with Crippen LogP contribution < -0.4 is 0 Å². The van der Waals surface area contributed by atoms with Gasteiger partial charge in [-0.2, -0.15) is 0 Å². The minimum absolute atomic E-state index is 0.0712. The summed E-state index contributed by atoms with van der Waals surface area (Å²) in [7, 11) is 0. The zero-order chi connectivity index (χ0) is 25.5. The number of rotatable bonds is 23. The van der Waals surface area contributed by atoms with Crippen molar-refractivity contribution >= 4 is 5.78 Å². The van der Waals surface area contributed by atoms with Gasteiger partial charge in [0.25, 0.3) is 0 Å². The summed E-state index contributed by atoms with van der Waals surface area (Å²) in [6.07, 6.45) is 25.2. The van der Waals surface area contributed by atoms with Crippen molar-refractivity contribution in [2.75, 3.05) is 6.61 Å². The highest BCUT2D eigenvalue weighted by atomic mass is 16.5. The highest BCUT2D eigenvalue weighted by Crippen LogP contribution is 2.15. The Morgan fingerprint density at radius 3 is 1.42 bits per heavy atom. The first kappa shape index (κ1) is 30.3. The monoisotopic (exact) mass is 492 g/mol. The molecule has 0 radical (unpaired) electrons. The van der Waals surface area contributed by atoms with Crippen molar-refractivity contribution in [1.82, 2.24) is 0 Å². The van der Waals surface area contributed by atoms with Gasteiger partial charge in [-0.05, 0) is 12.0 Å². The lowest BCUT2D eigenvalue weighted by Gasteiger charge is -2.06. The first-order valence-electron chi connectivity index (χ1n) is 15.1. The quantitative estimate of drug-likeness (QED) is 0.114. The summed E-state index contributed by atoms with van der Waals surface area (Å²) in [6, 6.07) is 17.3. The molecule has 0 saturated carbocycles. The smallest absolute Gasteiger partial charge is 0.193 e. The number of ketones is 1. The Balaban J connectivity index is 1.33. The lowest BCUT2D eigenvalue weighted by atomic mass is 10.0. The number of ether oxygens (including phenoxy) is 1. The van der Waals surface area contributed by atoms with E-state index in [1.54, 1.807) is 0 Å². The van der Waals surface area contributed by atoms with Crippen LogP contribution in [-0.4, -0.2) is 12.4 Å². The van der Waals surface area contributed by atoms with Crippen molar-refractivity contribution in [3.8, 4) is 0 Å². The topological polar surface area (TPSA) is 26.3 Å². The number of carbonyl (C=O) groups excluding carboxylic acids is 1. The van der Waals surface area contributed by atoms with Gasteiger partial charge in [-0.25, -0.2) is 0 Å². The molecule has 0 amide bonds. The van der Waals surface area contributed by atoms with Crippen LogP contribution in [0.15, 0.2) is 54.6 Å². The molecule has 0 saturated heterocycles. The van der Waals surface area contributed by atoms with Crippen LogP contribution >= 0.6 is 0 Å². The second-order valence-electron chi connectivity index (χ2n) is 10.5. The normalized spacial score (nSPS) is 11.1. The highest BCUT2D eigenvalue weighted by Gasteiger charge is 2.08. The van der Waals surface area contributed by atoms with Gasteiger partial charge in [0.1, 0.15) is 0 Å². The van der Waals surface area contributed by atoms with E-state index < -0.39 is 0 Å². The third kappa shape index (κ3) is 14.6. The van der Waals surface area contributed by atoms with Crippen LogP contribution in [0.1, 0.15) is 144 Å². The Hall–Kier alpha value is -1.93. The number of hydrogen-bond donors (Lipinski definition) is 0. The highest BCUT2D eigenvalue weighted by molar-refractivity contribution is 6.08. The Labute approximate surface area is 222 Å². The standard InChI is InChI=1S/C34H52O2/c1-2-3-4-5-6-7-8-9-10-11-12-13-14-15-16-17-18-22-29-36-30-31-25-27-33(28-26-31)34(35)32-23-20-19-21-24-32/h19-21,23-28H,2-18,22,29-30H2,1H3. The van der Waals surface area contributed by atoms with Crippen LogP contribution in [0.4, 0.5) is 0 Å². The fourth-order valence-corrected chi connectivity index (χ4v) is 4.80. The molecular weight excluding hydrogens is 440 g/mol. The van der Waals surface area contributed by atoms with Crippen LogP contribution in [0.25, 0.3) is 0 Å². The third-order valence-electron chi connectivity index (χ3n) is 7.16. The van der Waals surface area contributed by atoms with E-state index in [-0.39, 0.29) is 5.78 Å². The summed E-state index contributed by atoms with van der Waals surface area (Å²) in [4.78, 5) is 12.5. The molecule has 2 heteroatoms. The number of hydrogen-bond acceptors (Lipinski definition) is 2. The van der Waals surface area contributed by atoms with Gasteiger partial charge in [0.2, 0.25) is 0 Å². The second-order valence-corrected chi connectivity index (χ2v) is 10.5. The number of unbranched alkanes of at least 4 members (excludes halogenated alkanes) is 17. The average Bonchev–Trinajstić information content (AvgIpc) is 2.92. The van der Waals surface area contributed by atoms with Crippen LogP contribution in [0, 0.1) is 0 Å². The maximum absolute atomic E-state index is 12.5. The molecule has 0 bridgehead atoms. The summed E-state index contributed by atoms with van der Waals surface area (Å²) < 4.78 is 5.85. The molecule has 2 aromatic rings. The van der Waals surface area contributed by atoms with Crippen molar-refractivity contribution in [2.24, 2.45) is 0 Å². The van der Waals surface area contributed by atoms with E-state index in [1.807, 2.05) is 54.6 Å². The summed E-state index contributed by atoms with van der Waals surface area (Å²) in [5.74, 6) is 0.0712. The van der Waals surface area contributed by atoms with Crippen molar-refractivity contribution in [2.45, 2.75) is 129 Å². The molecule has 2 aromatic carbocycles. The molecule has 2 nitrogen and oxygen atoms in total.